The molecule has 0 aromatic carbocycles. The van der Waals surface area contributed by atoms with E-state index in [1.807, 2.05) is 43.1 Å². The molecular weight excluding hydrogens is 290 g/mol. The van der Waals surface area contributed by atoms with Crippen molar-refractivity contribution in [2.24, 2.45) is 5.92 Å². The van der Waals surface area contributed by atoms with Crippen LogP contribution in [-0.4, -0.2) is 42.5 Å². The van der Waals surface area contributed by atoms with Gasteiger partial charge in [-0.3, -0.25) is 4.79 Å². The second-order valence-electron chi connectivity index (χ2n) is 6.12. The van der Waals surface area contributed by atoms with E-state index in [-0.39, 0.29) is 5.91 Å². The lowest BCUT2D eigenvalue weighted by atomic mass is 9.97. The molecule has 1 atom stereocenters. The van der Waals surface area contributed by atoms with Gasteiger partial charge in [0.2, 0.25) is 0 Å². The van der Waals surface area contributed by atoms with Gasteiger partial charge in [0, 0.05) is 13.1 Å². The minimum absolute atomic E-state index is 0.0850. The normalized spacial score (nSPS) is 18.2. The summed E-state index contributed by atoms with van der Waals surface area (Å²) in [5.41, 5.74) is 2.20. The highest BCUT2D eigenvalue weighted by atomic mass is 16.3. The Bertz CT molecular complexity index is 665. The lowest BCUT2D eigenvalue weighted by molar-refractivity contribution is 0.0673. The molecule has 122 valence electrons. The number of likely N-dealkylation sites (tertiary alicyclic amines) is 1. The summed E-state index contributed by atoms with van der Waals surface area (Å²) in [4.78, 5) is 19.3. The van der Waals surface area contributed by atoms with Crippen molar-refractivity contribution in [3.05, 3.63) is 41.8 Å². The summed E-state index contributed by atoms with van der Waals surface area (Å²) in [5, 5.41) is 3.21. The van der Waals surface area contributed by atoms with Gasteiger partial charge in [-0.15, -0.1) is 0 Å². The molecule has 1 aliphatic heterocycles. The van der Waals surface area contributed by atoms with Crippen LogP contribution in [0, 0.1) is 12.8 Å². The SMILES string of the molecule is CNCC1CCCN(C(=O)c2ccc(-c3ccco3)nc2C)C1. The maximum Gasteiger partial charge on any atom is 0.255 e. The molecule has 1 N–H and O–H groups in total. The number of hydrogen-bond donors (Lipinski definition) is 1. The van der Waals surface area contributed by atoms with Crippen LogP contribution in [0.5, 0.6) is 0 Å². The molecule has 2 aromatic rings. The second-order valence-corrected chi connectivity index (χ2v) is 6.12. The first-order valence-electron chi connectivity index (χ1n) is 8.14. The van der Waals surface area contributed by atoms with E-state index in [1.165, 1.54) is 6.42 Å². The molecule has 1 amide bonds. The Morgan fingerprint density at radius 2 is 2.30 bits per heavy atom. The Morgan fingerprint density at radius 1 is 1.43 bits per heavy atom. The number of carbonyl (C=O) groups is 1. The largest absolute Gasteiger partial charge is 0.463 e. The zero-order chi connectivity index (χ0) is 16.2. The van der Waals surface area contributed by atoms with E-state index >= 15 is 0 Å². The van der Waals surface area contributed by atoms with E-state index in [9.17, 15) is 4.79 Å². The van der Waals surface area contributed by atoms with Crippen LogP contribution in [0.4, 0.5) is 0 Å². The van der Waals surface area contributed by atoms with Crippen LogP contribution >= 0.6 is 0 Å². The van der Waals surface area contributed by atoms with E-state index in [2.05, 4.69) is 10.3 Å². The number of nitrogens with zero attached hydrogens (tertiary/aromatic N) is 2. The summed E-state index contributed by atoms with van der Waals surface area (Å²) in [6.45, 7) is 4.49. The van der Waals surface area contributed by atoms with Crippen molar-refractivity contribution >= 4 is 5.91 Å². The van der Waals surface area contributed by atoms with Gasteiger partial charge in [-0.2, -0.15) is 0 Å². The summed E-state index contributed by atoms with van der Waals surface area (Å²) in [6, 6.07) is 7.43. The smallest absolute Gasteiger partial charge is 0.255 e. The van der Waals surface area contributed by atoms with Crippen LogP contribution in [0.3, 0.4) is 0 Å². The summed E-state index contributed by atoms with van der Waals surface area (Å²) in [5.74, 6) is 1.34. The van der Waals surface area contributed by atoms with Gasteiger partial charge in [0.05, 0.1) is 17.5 Å². The minimum atomic E-state index is 0.0850. The summed E-state index contributed by atoms with van der Waals surface area (Å²) in [6.07, 6.45) is 3.87. The van der Waals surface area contributed by atoms with Crippen molar-refractivity contribution in [1.82, 2.24) is 15.2 Å². The van der Waals surface area contributed by atoms with E-state index in [0.717, 1.165) is 43.2 Å². The van der Waals surface area contributed by atoms with Crippen molar-refractivity contribution in [3.63, 3.8) is 0 Å². The Hall–Kier alpha value is -2.14. The number of aryl methyl sites for hydroxylation is 1. The molecule has 1 fully saturated rings. The fourth-order valence-electron chi connectivity index (χ4n) is 3.22. The van der Waals surface area contributed by atoms with Gasteiger partial charge in [0.1, 0.15) is 5.69 Å². The number of hydrogen-bond acceptors (Lipinski definition) is 4. The van der Waals surface area contributed by atoms with Gasteiger partial charge in [-0.05, 0) is 63.5 Å². The van der Waals surface area contributed by atoms with Crippen LogP contribution in [0.1, 0.15) is 28.9 Å². The molecule has 1 aliphatic rings. The molecule has 5 nitrogen and oxygen atoms in total. The Kier molecular flexibility index (Phi) is 4.76. The molecule has 2 aromatic heterocycles. The van der Waals surface area contributed by atoms with Crippen molar-refractivity contribution in [3.8, 4) is 11.5 Å². The minimum Gasteiger partial charge on any atom is -0.463 e. The number of furan rings is 1. The van der Waals surface area contributed by atoms with Crippen molar-refractivity contribution in [1.29, 1.82) is 0 Å². The number of piperidine rings is 1. The maximum absolute atomic E-state index is 12.8. The quantitative estimate of drug-likeness (QED) is 0.943. The number of pyridine rings is 1. The molecule has 0 bridgehead atoms. The highest BCUT2D eigenvalue weighted by Crippen LogP contribution is 2.22. The lowest BCUT2D eigenvalue weighted by Gasteiger charge is -2.33. The van der Waals surface area contributed by atoms with Crippen molar-refractivity contribution < 1.29 is 9.21 Å². The Morgan fingerprint density at radius 3 is 3.00 bits per heavy atom. The average molecular weight is 313 g/mol. The van der Waals surface area contributed by atoms with Crippen LogP contribution in [0.15, 0.2) is 34.9 Å². The zero-order valence-corrected chi connectivity index (χ0v) is 13.7. The number of amides is 1. The van der Waals surface area contributed by atoms with Crippen LogP contribution in [-0.2, 0) is 0 Å². The fraction of sp³-hybridized carbons (Fsp3) is 0.444. The number of aromatic nitrogens is 1. The van der Waals surface area contributed by atoms with Crippen LogP contribution in [0.25, 0.3) is 11.5 Å². The van der Waals surface area contributed by atoms with Gasteiger partial charge >= 0.3 is 0 Å². The molecular formula is C18H23N3O2. The van der Waals surface area contributed by atoms with Gasteiger partial charge in [-0.25, -0.2) is 4.98 Å². The van der Waals surface area contributed by atoms with Crippen molar-refractivity contribution in [2.75, 3.05) is 26.7 Å². The molecule has 3 rings (SSSR count). The maximum atomic E-state index is 12.8. The molecule has 1 unspecified atom stereocenters. The Labute approximate surface area is 136 Å². The molecule has 0 spiro atoms. The monoisotopic (exact) mass is 313 g/mol. The predicted molar refractivity (Wildman–Crippen MR) is 89.2 cm³/mol. The second kappa shape index (κ2) is 6.96. The topological polar surface area (TPSA) is 58.4 Å². The standard InChI is InChI=1S/C18H23N3O2/c1-13-15(7-8-16(20-13)17-6-4-10-23-17)18(22)21-9-3-5-14(12-21)11-19-2/h4,6-8,10,14,19H,3,5,9,11-12H2,1-2H3. The van der Waals surface area contributed by atoms with E-state index in [0.29, 0.717) is 11.5 Å². The number of nitrogens with one attached hydrogen (secondary N) is 1. The highest BCUT2D eigenvalue weighted by molar-refractivity contribution is 5.95. The van der Waals surface area contributed by atoms with E-state index in [4.69, 9.17) is 4.42 Å². The van der Waals surface area contributed by atoms with Crippen LogP contribution in [0.2, 0.25) is 0 Å². The molecule has 0 radical (unpaired) electrons. The van der Waals surface area contributed by atoms with E-state index in [1.54, 1.807) is 6.26 Å². The summed E-state index contributed by atoms with van der Waals surface area (Å²) >= 11 is 0. The molecule has 3 heterocycles. The summed E-state index contributed by atoms with van der Waals surface area (Å²) < 4.78 is 5.37. The fourth-order valence-corrected chi connectivity index (χ4v) is 3.22. The molecule has 1 saturated heterocycles. The van der Waals surface area contributed by atoms with Crippen molar-refractivity contribution in [2.45, 2.75) is 19.8 Å². The molecule has 0 aliphatic carbocycles. The van der Waals surface area contributed by atoms with Gasteiger partial charge in [0.15, 0.2) is 5.76 Å². The third-order valence-corrected chi connectivity index (χ3v) is 4.39. The first kappa shape index (κ1) is 15.7. The first-order valence-corrected chi connectivity index (χ1v) is 8.14. The van der Waals surface area contributed by atoms with Gasteiger partial charge in [0.25, 0.3) is 5.91 Å². The lowest BCUT2D eigenvalue weighted by Crippen LogP contribution is -2.42. The Balaban J connectivity index is 1.77. The first-order chi connectivity index (χ1) is 11.2. The van der Waals surface area contributed by atoms with Gasteiger partial charge < -0.3 is 14.6 Å². The zero-order valence-electron chi connectivity index (χ0n) is 13.7. The molecule has 5 heteroatoms. The molecule has 23 heavy (non-hydrogen) atoms. The third-order valence-electron chi connectivity index (χ3n) is 4.39. The number of carbonyl (C=O) groups excluding carboxylic acids is 1. The molecule has 0 saturated carbocycles. The van der Waals surface area contributed by atoms with Crippen LogP contribution < -0.4 is 5.32 Å². The predicted octanol–water partition coefficient (Wildman–Crippen LogP) is 2.72. The average Bonchev–Trinajstić information content (AvgIpc) is 3.09. The number of rotatable bonds is 4. The van der Waals surface area contributed by atoms with Gasteiger partial charge in [-0.1, -0.05) is 0 Å². The third kappa shape index (κ3) is 3.45. The summed E-state index contributed by atoms with van der Waals surface area (Å²) in [7, 11) is 1.96. The van der Waals surface area contributed by atoms with E-state index < -0.39 is 0 Å². The highest BCUT2D eigenvalue weighted by Gasteiger charge is 2.25.